The van der Waals surface area contributed by atoms with E-state index < -0.39 is 12.1 Å². The van der Waals surface area contributed by atoms with Gasteiger partial charge in [-0.05, 0) is 54.5 Å². The third-order valence-electron chi connectivity index (χ3n) is 7.69. The lowest BCUT2D eigenvalue weighted by atomic mass is 9.78. The van der Waals surface area contributed by atoms with Gasteiger partial charge >= 0.3 is 5.97 Å². The number of halogens is 1. The number of carbonyl (C=O) groups is 1. The number of ether oxygens (including phenoxy) is 1. The smallest absolute Gasteiger partial charge is 0.313 e. The summed E-state index contributed by atoms with van der Waals surface area (Å²) in [6.45, 7) is 8.47. The van der Waals surface area contributed by atoms with Gasteiger partial charge in [-0.15, -0.1) is 6.58 Å². The van der Waals surface area contributed by atoms with Crippen molar-refractivity contribution in [2.45, 2.75) is 51.8 Å². The molecule has 1 N–H and O–H groups in total. The first kappa shape index (κ1) is 19.7. The number of aromatic nitrogens is 1. The minimum Gasteiger partial charge on any atom is -0.461 e. The average molecular weight is 432 g/mol. The standard InChI is InChI=1S/C26H25FN2O3/c1-4-13-6-7-15-12(3)19(27)9-20-23(15)22(13)17-10-29-21(24(17)28-20)8-16-14(5-2)26(31)32-11-18(16)25(29)30/h4,8-9,13-14,25,30H,1,5-7,10-11H2,2-3H3/t13-,14?,25?/m0/s1. The Morgan fingerprint density at radius 1 is 1.41 bits per heavy atom. The lowest BCUT2D eigenvalue weighted by Crippen LogP contribution is -2.41. The van der Waals surface area contributed by atoms with Gasteiger partial charge in [0.1, 0.15) is 12.4 Å². The summed E-state index contributed by atoms with van der Waals surface area (Å²) >= 11 is 0. The van der Waals surface area contributed by atoms with Crippen LogP contribution < -0.4 is 0 Å². The van der Waals surface area contributed by atoms with Gasteiger partial charge in [0, 0.05) is 35.1 Å². The Bertz CT molecular complexity index is 1290. The van der Waals surface area contributed by atoms with E-state index in [9.17, 15) is 14.3 Å². The number of benzene rings is 1. The maximum Gasteiger partial charge on any atom is 0.313 e. The summed E-state index contributed by atoms with van der Waals surface area (Å²) in [6, 6.07) is 1.53. The maximum atomic E-state index is 14.8. The Morgan fingerprint density at radius 2 is 2.22 bits per heavy atom. The minimum absolute atomic E-state index is 0.106. The third kappa shape index (κ3) is 2.41. The fraction of sp³-hybridized carbons (Fsp3) is 0.385. The molecule has 2 unspecified atom stereocenters. The normalized spacial score (nSPS) is 25.9. The minimum atomic E-state index is -0.875. The van der Waals surface area contributed by atoms with Gasteiger partial charge in [-0.25, -0.2) is 9.37 Å². The summed E-state index contributed by atoms with van der Waals surface area (Å²) in [7, 11) is 0. The highest BCUT2D eigenvalue weighted by Crippen LogP contribution is 2.49. The molecule has 1 aliphatic carbocycles. The Balaban J connectivity index is 1.63. The number of pyridine rings is 1. The third-order valence-corrected chi connectivity index (χ3v) is 7.69. The Morgan fingerprint density at radius 3 is 2.97 bits per heavy atom. The van der Waals surface area contributed by atoms with Gasteiger partial charge in [-0.3, -0.25) is 4.79 Å². The van der Waals surface area contributed by atoms with E-state index in [1.54, 1.807) is 0 Å². The molecule has 4 heterocycles. The van der Waals surface area contributed by atoms with Crippen molar-refractivity contribution in [1.29, 1.82) is 0 Å². The molecule has 1 aromatic carbocycles. The van der Waals surface area contributed by atoms with Crippen LogP contribution in [0, 0.1) is 18.7 Å². The summed E-state index contributed by atoms with van der Waals surface area (Å²) in [4.78, 5) is 19.2. The van der Waals surface area contributed by atoms with Crippen LogP contribution >= 0.6 is 0 Å². The zero-order valence-corrected chi connectivity index (χ0v) is 18.2. The van der Waals surface area contributed by atoms with Gasteiger partial charge in [0.2, 0.25) is 0 Å². The van der Waals surface area contributed by atoms with Crippen molar-refractivity contribution in [1.82, 2.24) is 9.88 Å². The van der Waals surface area contributed by atoms with Gasteiger partial charge in [0.05, 0.1) is 22.8 Å². The van der Waals surface area contributed by atoms with E-state index in [1.807, 2.05) is 30.9 Å². The molecule has 1 aromatic heterocycles. The SMILES string of the molecule is C=C[C@H]1CCc2c(C)c(F)cc3nc4c(c1c23)CN1C4=CC2=C(COC(=O)C2CC)C1O. The highest BCUT2D eigenvalue weighted by atomic mass is 19.1. The van der Waals surface area contributed by atoms with E-state index in [1.165, 1.54) is 6.07 Å². The molecule has 6 rings (SSSR count). The predicted octanol–water partition coefficient (Wildman–Crippen LogP) is 4.27. The summed E-state index contributed by atoms with van der Waals surface area (Å²) in [5.41, 5.74) is 7.75. The number of hydrogen-bond donors (Lipinski definition) is 1. The van der Waals surface area contributed by atoms with Crippen molar-refractivity contribution in [2.75, 3.05) is 6.61 Å². The summed E-state index contributed by atoms with van der Waals surface area (Å²) in [5.74, 6) is -0.723. The van der Waals surface area contributed by atoms with Crippen molar-refractivity contribution in [3.05, 3.63) is 69.7 Å². The Kier molecular flexibility index (Phi) is 4.15. The number of nitrogens with zero attached hydrogens (tertiary/aromatic N) is 2. The number of esters is 1. The van der Waals surface area contributed by atoms with Crippen molar-refractivity contribution in [3.63, 3.8) is 0 Å². The number of fused-ring (bicyclic) bond motifs is 4. The topological polar surface area (TPSA) is 62.7 Å². The fourth-order valence-corrected chi connectivity index (χ4v) is 6.00. The molecule has 2 aromatic rings. The molecule has 164 valence electrons. The number of rotatable bonds is 2. The monoisotopic (exact) mass is 432 g/mol. The molecule has 0 saturated heterocycles. The lowest BCUT2D eigenvalue weighted by molar-refractivity contribution is -0.148. The van der Waals surface area contributed by atoms with Crippen LogP contribution in [0.4, 0.5) is 4.39 Å². The van der Waals surface area contributed by atoms with E-state index in [0.29, 0.717) is 24.0 Å². The first-order valence-corrected chi connectivity index (χ1v) is 11.3. The molecule has 0 radical (unpaired) electrons. The number of hydrogen-bond acceptors (Lipinski definition) is 5. The second-order valence-corrected chi connectivity index (χ2v) is 9.17. The van der Waals surface area contributed by atoms with E-state index in [4.69, 9.17) is 9.72 Å². The molecule has 3 aliphatic heterocycles. The quantitative estimate of drug-likeness (QED) is 0.567. The van der Waals surface area contributed by atoms with Crippen molar-refractivity contribution in [2.24, 2.45) is 5.92 Å². The van der Waals surface area contributed by atoms with Gasteiger partial charge < -0.3 is 14.7 Å². The molecule has 3 atom stereocenters. The zero-order chi connectivity index (χ0) is 22.3. The first-order chi connectivity index (χ1) is 15.4. The molecule has 4 aliphatic rings. The molecular weight excluding hydrogens is 407 g/mol. The number of aryl methyl sites for hydroxylation is 1. The van der Waals surface area contributed by atoms with Gasteiger partial charge in [0.15, 0.2) is 6.23 Å². The van der Waals surface area contributed by atoms with E-state index in [0.717, 1.165) is 57.5 Å². The molecule has 0 bridgehead atoms. The number of carbonyl (C=O) groups excluding carboxylic acids is 1. The van der Waals surface area contributed by atoms with Crippen molar-refractivity contribution in [3.8, 4) is 0 Å². The van der Waals surface area contributed by atoms with E-state index in [2.05, 4.69) is 6.58 Å². The van der Waals surface area contributed by atoms with E-state index >= 15 is 0 Å². The van der Waals surface area contributed by atoms with Gasteiger partial charge in [0.25, 0.3) is 0 Å². The van der Waals surface area contributed by atoms with Crippen LogP contribution in [0.5, 0.6) is 0 Å². The van der Waals surface area contributed by atoms with Crippen LogP contribution in [0.1, 0.15) is 53.6 Å². The van der Waals surface area contributed by atoms with E-state index in [-0.39, 0.29) is 24.3 Å². The number of cyclic esters (lactones) is 1. The molecule has 32 heavy (non-hydrogen) atoms. The average Bonchev–Trinajstić information content (AvgIpc) is 3.16. The highest BCUT2D eigenvalue weighted by Gasteiger charge is 2.43. The summed E-state index contributed by atoms with van der Waals surface area (Å²) < 4.78 is 20.1. The summed E-state index contributed by atoms with van der Waals surface area (Å²) in [6.07, 6.45) is 5.37. The van der Waals surface area contributed by atoms with Crippen LogP contribution in [0.15, 0.2) is 35.9 Å². The second kappa shape index (κ2) is 6.75. The first-order valence-electron chi connectivity index (χ1n) is 11.3. The van der Waals surface area contributed by atoms with Crippen LogP contribution in [0.2, 0.25) is 0 Å². The highest BCUT2D eigenvalue weighted by molar-refractivity contribution is 5.93. The molecule has 5 nitrogen and oxygen atoms in total. The molecule has 0 spiro atoms. The van der Waals surface area contributed by atoms with Gasteiger partial charge in [-0.1, -0.05) is 13.0 Å². The molecule has 0 amide bonds. The molecule has 0 fully saturated rings. The second-order valence-electron chi connectivity index (χ2n) is 9.17. The molecular formula is C26H25FN2O3. The maximum absolute atomic E-state index is 14.8. The lowest BCUT2D eigenvalue weighted by Gasteiger charge is -2.37. The molecule has 0 saturated carbocycles. The number of aliphatic hydroxyl groups is 1. The number of aliphatic hydroxyl groups excluding tert-OH is 1. The molecule has 6 heteroatoms. The Hall–Kier alpha value is -2.99. The predicted molar refractivity (Wildman–Crippen MR) is 119 cm³/mol. The summed E-state index contributed by atoms with van der Waals surface area (Å²) in [5, 5.41) is 12.3. The van der Waals surface area contributed by atoms with Gasteiger partial charge in [-0.2, -0.15) is 0 Å². The Labute approximate surface area is 185 Å². The van der Waals surface area contributed by atoms with Crippen LogP contribution in [-0.2, 0) is 22.5 Å². The van der Waals surface area contributed by atoms with Crippen LogP contribution in [0.3, 0.4) is 0 Å². The van der Waals surface area contributed by atoms with Crippen molar-refractivity contribution >= 4 is 22.6 Å². The number of allylic oxidation sites excluding steroid dienone is 2. The fourth-order valence-electron chi connectivity index (χ4n) is 6.00. The van der Waals surface area contributed by atoms with Crippen LogP contribution in [0.25, 0.3) is 16.6 Å². The largest absolute Gasteiger partial charge is 0.461 e. The zero-order valence-electron chi connectivity index (χ0n) is 18.2. The van der Waals surface area contributed by atoms with Crippen molar-refractivity contribution < 1.29 is 19.0 Å². The van der Waals surface area contributed by atoms with Crippen LogP contribution in [-0.4, -0.2) is 33.8 Å².